The van der Waals surface area contributed by atoms with Crippen LogP contribution in [0.4, 0.5) is 0 Å². The van der Waals surface area contributed by atoms with Crippen molar-refractivity contribution in [3.63, 3.8) is 0 Å². The van der Waals surface area contributed by atoms with Gasteiger partial charge in [0, 0.05) is 18.7 Å². The van der Waals surface area contributed by atoms with Crippen LogP contribution in [0.5, 0.6) is 0 Å². The summed E-state index contributed by atoms with van der Waals surface area (Å²) in [7, 11) is 0. The van der Waals surface area contributed by atoms with E-state index in [1.807, 2.05) is 18.2 Å². The third kappa shape index (κ3) is 4.54. The molecule has 0 bridgehead atoms. The number of nitrogens with zero attached hydrogens (tertiary/aromatic N) is 1. The number of nitrogens with one attached hydrogen (secondary N) is 1. The van der Waals surface area contributed by atoms with Gasteiger partial charge in [0.15, 0.2) is 0 Å². The van der Waals surface area contributed by atoms with Crippen molar-refractivity contribution in [3.05, 3.63) is 41.0 Å². The Hall–Kier alpha value is -2.67. The average Bonchev–Trinajstić information content (AvgIpc) is 2.61. The molecule has 2 rings (SSSR count). The SMILES string of the molecule is CCOC(=O)C(Cc1cc2ccccc2nc1Cl)(NC(C)=O)C(=O)OCC. The number of aromatic nitrogens is 1. The van der Waals surface area contributed by atoms with Crippen LogP contribution in [-0.2, 0) is 30.3 Å². The van der Waals surface area contributed by atoms with E-state index in [0.717, 1.165) is 5.39 Å². The molecule has 0 saturated heterocycles. The van der Waals surface area contributed by atoms with Crippen molar-refractivity contribution in [2.24, 2.45) is 0 Å². The number of hydrogen-bond donors (Lipinski definition) is 1. The minimum Gasteiger partial charge on any atom is -0.464 e. The second-order valence-electron chi connectivity index (χ2n) is 5.84. The maximum Gasteiger partial charge on any atom is 0.344 e. The molecule has 27 heavy (non-hydrogen) atoms. The summed E-state index contributed by atoms with van der Waals surface area (Å²) in [6.45, 7) is 4.47. The standard InChI is InChI=1S/C19H21ClN2O5/c1-4-26-17(24)19(22-12(3)23,18(25)27-5-2)11-14-10-13-8-6-7-9-15(13)21-16(14)20/h6-10H,4-5,11H2,1-3H3,(H,22,23). The molecular formula is C19H21ClN2O5. The third-order valence-electron chi connectivity index (χ3n) is 3.84. The number of esters is 2. The first-order chi connectivity index (χ1) is 12.8. The molecule has 1 N–H and O–H groups in total. The minimum absolute atomic E-state index is 0.0310. The predicted molar refractivity (Wildman–Crippen MR) is 100 cm³/mol. The van der Waals surface area contributed by atoms with Crippen LogP contribution >= 0.6 is 11.6 Å². The fourth-order valence-corrected chi connectivity index (χ4v) is 2.94. The Kier molecular flexibility index (Phi) is 6.74. The topological polar surface area (TPSA) is 94.6 Å². The number of para-hydroxylation sites is 1. The molecule has 0 aliphatic heterocycles. The summed E-state index contributed by atoms with van der Waals surface area (Å²) in [5.74, 6) is -2.41. The van der Waals surface area contributed by atoms with E-state index in [-0.39, 0.29) is 24.8 Å². The molecule has 1 amide bonds. The summed E-state index contributed by atoms with van der Waals surface area (Å²) in [5.41, 5.74) is -0.972. The van der Waals surface area contributed by atoms with Gasteiger partial charge in [-0.3, -0.25) is 4.79 Å². The van der Waals surface area contributed by atoms with Crippen molar-refractivity contribution < 1.29 is 23.9 Å². The molecule has 0 fully saturated rings. The number of carbonyl (C=O) groups excluding carboxylic acids is 3. The van der Waals surface area contributed by atoms with Gasteiger partial charge in [-0.25, -0.2) is 14.6 Å². The summed E-state index contributed by atoms with van der Waals surface area (Å²) in [6, 6.07) is 9.00. The van der Waals surface area contributed by atoms with E-state index in [1.54, 1.807) is 26.0 Å². The Balaban J connectivity index is 2.58. The fourth-order valence-electron chi connectivity index (χ4n) is 2.73. The van der Waals surface area contributed by atoms with Crippen LogP contribution in [0, 0.1) is 0 Å². The Morgan fingerprint density at radius 2 is 1.70 bits per heavy atom. The highest BCUT2D eigenvalue weighted by atomic mass is 35.5. The molecule has 0 atom stereocenters. The highest BCUT2D eigenvalue weighted by Gasteiger charge is 2.50. The van der Waals surface area contributed by atoms with Crippen LogP contribution in [0.1, 0.15) is 26.3 Å². The van der Waals surface area contributed by atoms with Gasteiger partial charge in [-0.1, -0.05) is 29.8 Å². The maximum atomic E-state index is 12.7. The zero-order valence-electron chi connectivity index (χ0n) is 15.4. The first-order valence-electron chi connectivity index (χ1n) is 8.51. The monoisotopic (exact) mass is 392 g/mol. The van der Waals surface area contributed by atoms with Crippen molar-refractivity contribution in [1.82, 2.24) is 10.3 Å². The second kappa shape index (κ2) is 8.81. The summed E-state index contributed by atoms with van der Waals surface area (Å²) in [4.78, 5) is 41.5. The smallest absolute Gasteiger partial charge is 0.344 e. The van der Waals surface area contributed by atoms with Crippen LogP contribution in [-0.4, -0.2) is 41.6 Å². The van der Waals surface area contributed by atoms with Crippen molar-refractivity contribution >= 4 is 40.3 Å². The van der Waals surface area contributed by atoms with Crippen molar-refractivity contribution in [2.45, 2.75) is 32.7 Å². The van der Waals surface area contributed by atoms with Crippen LogP contribution in [0.3, 0.4) is 0 Å². The molecule has 144 valence electrons. The number of amides is 1. The lowest BCUT2D eigenvalue weighted by molar-refractivity contribution is -0.168. The predicted octanol–water partition coefficient (Wildman–Crippen LogP) is 2.43. The lowest BCUT2D eigenvalue weighted by Gasteiger charge is -2.30. The second-order valence-corrected chi connectivity index (χ2v) is 6.19. The molecule has 0 aliphatic carbocycles. The molecule has 1 aromatic heterocycles. The largest absolute Gasteiger partial charge is 0.464 e. The van der Waals surface area contributed by atoms with Gasteiger partial charge < -0.3 is 14.8 Å². The van der Waals surface area contributed by atoms with Gasteiger partial charge in [-0.15, -0.1) is 0 Å². The maximum absolute atomic E-state index is 12.7. The highest BCUT2D eigenvalue weighted by Crippen LogP contribution is 2.26. The lowest BCUT2D eigenvalue weighted by Crippen LogP contribution is -2.62. The molecule has 0 aliphatic rings. The highest BCUT2D eigenvalue weighted by molar-refractivity contribution is 6.30. The first kappa shape index (κ1) is 20.6. The lowest BCUT2D eigenvalue weighted by atomic mass is 9.90. The number of hydrogen-bond acceptors (Lipinski definition) is 6. The molecule has 0 spiro atoms. The summed E-state index contributed by atoms with van der Waals surface area (Å²) >= 11 is 6.28. The number of halogens is 1. The number of carbonyl (C=O) groups is 3. The van der Waals surface area contributed by atoms with E-state index in [4.69, 9.17) is 21.1 Å². The van der Waals surface area contributed by atoms with E-state index >= 15 is 0 Å². The van der Waals surface area contributed by atoms with Crippen molar-refractivity contribution in [3.8, 4) is 0 Å². The minimum atomic E-state index is -2.05. The molecule has 7 nitrogen and oxygen atoms in total. The third-order valence-corrected chi connectivity index (χ3v) is 4.17. The Morgan fingerprint density at radius 3 is 2.26 bits per heavy atom. The van der Waals surface area contributed by atoms with Crippen LogP contribution < -0.4 is 5.32 Å². The van der Waals surface area contributed by atoms with Gasteiger partial charge in [0.25, 0.3) is 0 Å². The molecular weight excluding hydrogens is 372 g/mol. The molecule has 0 radical (unpaired) electrons. The normalized spacial score (nSPS) is 11.1. The average molecular weight is 393 g/mol. The van der Waals surface area contributed by atoms with E-state index < -0.39 is 23.4 Å². The number of pyridine rings is 1. The molecule has 1 aromatic carbocycles. The van der Waals surface area contributed by atoms with E-state index in [0.29, 0.717) is 11.1 Å². The van der Waals surface area contributed by atoms with Gasteiger partial charge in [0.2, 0.25) is 11.4 Å². The zero-order chi connectivity index (χ0) is 20.0. The van der Waals surface area contributed by atoms with E-state index in [1.165, 1.54) is 6.92 Å². The number of benzene rings is 1. The van der Waals surface area contributed by atoms with Crippen LogP contribution in [0.15, 0.2) is 30.3 Å². The van der Waals surface area contributed by atoms with E-state index in [9.17, 15) is 14.4 Å². The Bertz CT molecular complexity index is 850. The number of rotatable bonds is 7. The fraction of sp³-hybridized carbons (Fsp3) is 0.368. The van der Waals surface area contributed by atoms with Crippen molar-refractivity contribution in [1.29, 1.82) is 0 Å². The van der Waals surface area contributed by atoms with Crippen LogP contribution in [0.2, 0.25) is 5.15 Å². The number of ether oxygens (including phenoxy) is 2. The Morgan fingerprint density at radius 1 is 1.11 bits per heavy atom. The summed E-state index contributed by atoms with van der Waals surface area (Å²) in [5, 5.41) is 3.31. The number of fused-ring (bicyclic) bond motifs is 1. The molecule has 0 saturated carbocycles. The van der Waals surface area contributed by atoms with Crippen LogP contribution in [0.25, 0.3) is 10.9 Å². The van der Waals surface area contributed by atoms with Gasteiger partial charge >= 0.3 is 11.9 Å². The van der Waals surface area contributed by atoms with Crippen molar-refractivity contribution in [2.75, 3.05) is 13.2 Å². The zero-order valence-corrected chi connectivity index (χ0v) is 16.1. The quantitative estimate of drug-likeness (QED) is 0.442. The Labute approximate surface area is 162 Å². The van der Waals surface area contributed by atoms with Gasteiger partial charge in [0.1, 0.15) is 5.15 Å². The van der Waals surface area contributed by atoms with Gasteiger partial charge in [0.05, 0.1) is 18.7 Å². The molecule has 1 heterocycles. The summed E-state index contributed by atoms with van der Waals surface area (Å²) in [6.07, 6.45) is -0.249. The molecule has 8 heteroatoms. The van der Waals surface area contributed by atoms with E-state index in [2.05, 4.69) is 10.3 Å². The van der Waals surface area contributed by atoms with Gasteiger partial charge in [-0.05, 0) is 31.5 Å². The van der Waals surface area contributed by atoms with Gasteiger partial charge in [-0.2, -0.15) is 0 Å². The molecule has 2 aromatic rings. The molecule has 0 unspecified atom stereocenters. The summed E-state index contributed by atoms with van der Waals surface area (Å²) < 4.78 is 10.1. The first-order valence-corrected chi connectivity index (χ1v) is 8.89.